The summed E-state index contributed by atoms with van der Waals surface area (Å²) in [5.74, 6) is 0.424. The van der Waals surface area contributed by atoms with Crippen LogP contribution in [-0.4, -0.2) is 50.9 Å². The van der Waals surface area contributed by atoms with E-state index in [9.17, 15) is 9.59 Å². The summed E-state index contributed by atoms with van der Waals surface area (Å²) >= 11 is 0. The Morgan fingerprint density at radius 1 is 1.06 bits per heavy atom. The number of nitrogens with one attached hydrogen (secondary N) is 1. The Hall–Kier alpha value is -4.12. The molecule has 0 bridgehead atoms. The molecule has 8 nitrogen and oxygen atoms in total. The van der Waals surface area contributed by atoms with E-state index in [0.29, 0.717) is 36.7 Å². The Morgan fingerprint density at radius 3 is 2.44 bits per heavy atom. The quantitative estimate of drug-likeness (QED) is 0.600. The molecule has 2 N–H and O–H groups in total. The van der Waals surface area contributed by atoms with Gasteiger partial charge in [-0.2, -0.15) is 10.4 Å². The Bertz CT molecular complexity index is 1250. The minimum absolute atomic E-state index is 0.222. The second-order valence-corrected chi connectivity index (χ2v) is 8.92. The topological polar surface area (TPSA) is 111 Å². The molecule has 5 rings (SSSR count). The zero-order chi connectivity index (χ0) is 23.7. The monoisotopic (exact) mass is 455 g/mol. The Morgan fingerprint density at radius 2 is 1.79 bits per heavy atom. The number of amides is 2. The van der Waals surface area contributed by atoms with Crippen LogP contribution in [0.4, 0.5) is 4.79 Å². The fourth-order valence-electron chi connectivity index (χ4n) is 4.52. The number of aromatic nitrogens is 2. The van der Waals surface area contributed by atoms with Crippen molar-refractivity contribution in [2.24, 2.45) is 0 Å². The number of rotatable bonds is 5. The van der Waals surface area contributed by atoms with Gasteiger partial charge in [0.2, 0.25) is 0 Å². The summed E-state index contributed by atoms with van der Waals surface area (Å²) in [6.45, 7) is 0.881. The molecule has 1 saturated heterocycles. The van der Waals surface area contributed by atoms with Crippen LogP contribution in [0, 0.1) is 11.3 Å². The van der Waals surface area contributed by atoms with E-state index in [-0.39, 0.29) is 11.9 Å². The third kappa shape index (κ3) is 4.50. The molecule has 1 atom stereocenters. The molecule has 1 aliphatic heterocycles. The first kappa shape index (κ1) is 21.7. The van der Waals surface area contributed by atoms with Crippen molar-refractivity contribution in [3.05, 3.63) is 71.4 Å². The molecule has 0 spiro atoms. The van der Waals surface area contributed by atoms with Crippen LogP contribution in [0.25, 0.3) is 16.9 Å². The van der Waals surface area contributed by atoms with E-state index in [0.717, 1.165) is 23.4 Å². The standard InChI is InChI=1S/C26H25N5O3/c27-15-17-3-5-20(6-4-17)24-14-23(25(32)30-13-1-2-21(16-30)28-26(33)34)29-31(24)22-11-9-19(10-12-22)18-7-8-18/h3-6,9-12,14,18,21,28H,1-2,7-8,13,16H2,(H,33,34). The van der Waals surface area contributed by atoms with Crippen molar-refractivity contribution in [1.29, 1.82) is 5.26 Å². The lowest BCUT2D eigenvalue weighted by atomic mass is 10.1. The van der Waals surface area contributed by atoms with Gasteiger partial charge in [0.05, 0.1) is 23.0 Å². The summed E-state index contributed by atoms with van der Waals surface area (Å²) < 4.78 is 1.77. The Balaban J connectivity index is 1.48. The summed E-state index contributed by atoms with van der Waals surface area (Å²) in [6, 6.07) is 19.1. The molecule has 1 unspecified atom stereocenters. The van der Waals surface area contributed by atoms with Crippen LogP contribution in [0.2, 0.25) is 0 Å². The third-order valence-electron chi connectivity index (χ3n) is 6.46. The van der Waals surface area contributed by atoms with E-state index < -0.39 is 6.09 Å². The fourth-order valence-corrected chi connectivity index (χ4v) is 4.52. The van der Waals surface area contributed by atoms with Crippen molar-refractivity contribution in [3.63, 3.8) is 0 Å². The fraction of sp³-hybridized carbons (Fsp3) is 0.308. The number of likely N-dealkylation sites (tertiary alicyclic amines) is 1. The molecule has 1 aliphatic carbocycles. The lowest BCUT2D eigenvalue weighted by molar-refractivity contribution is 0.0686. The van der Waals surface area contributed by atoms with Crippen molar-refractivity contribution in [1.82, 2.24) is 20.0 Å². The first-order valence-corrected chi connectivity index (χ1v) is 11.5. The average Bonchev–Trinajstić information content (AvgIpc) is 3.62. The smallest absolute Gasteiger partial charge is 0.404 e. The van der Waals surface area contributed by atoms with Crippen molar-refractivity contribution in [2.45, 2.75) is 37.6 Å². The van der Waals surface area contributed by atoms with Gasteiger partial charge in [-0.3, -0.25) is 4.79 Å². The van der Waals surface area contributed by atoms with Crippen molar-refractivity contribution in [2.75, 3.05) is 13.1 Å². The predicted molar refractivity (Wildman–Crippen MR) is 126 cm³/mol. The molecular weight excluding hydrogens is 430 g/mol. The SMILES string of the molecule is N#Cc1ccc(-c2cc(C(=O)N3CCCC(NC(=O)O)C3)nn2-c2ccc(C3CC3)cc2)cc1. The van der Waals surface area contributed by atoms with Gasteiger partial charge in [-0.1, -0.05) is 24.3 Å². The maximum absolute atomic E-state index is 13.3. The van der Waals surface area contributed by atoms with Crippen molar-refractivity contribution < 1.29 is 14.7 Å². The molecule has 34 heavy (non-hydrogen) atoms. The minimum Gasteiger partial charge on any atom is -0.465 e. The molecule has 8 heteroatoms. The molecule has 0 radical (unpaired) electrons. The van der Waals surface area contributed by atoms with Gasteiger partial charge >= 0.3 is 6.09 Å². The number of nitrogens with zero attached hydrogens (tertiary/aromatic N) is 4. The van der Waals surface area contributed by atoms with Crippen LogP contribution in [0.15, 0.2) is 54.6 Å². The van der Waals surface area contributed by atoms with Crippen LogP contribution >= 0.6 is 0 Å². The highest BCUT2D eigenvalue weighted by molar-refractivity contribution is 5.94. The maximum Gasteiger partial charge on any atom is 0.404 e. The number of benzene rings is 2. The second-order valence-electron chi connectivity index (χ2n) is 8.92. The number of hydrogen-bond donors (Lipinski definition) is 2. The van der Waals surface area contributed by atoms with Gasteiger partial charge in [0, 0.05) is 24.7 Å². The molecule has 2 aliphatic rings. The van der Waals surface area contributed by atoms with Gasteiger partial charge in [-0.25, -0.2) is 9.48 Å². The van der Waals surface area contributed by atoms with E-state index in [1.165, 1.54) is 18.4 Å². The Labute approximate surface area is 197 Å². The van der Waals surface area contributed by atoms with Gasteiger partial charge in [-0.15, -0.1) is 0 Å². The van der Waals surface area contributed by atoms with Crippen LogP contribution in [0.1, 0.15) is 53.2 Å². The predicted octanol–water partition coefficient (Wildman–Crippen LogP) is 4.16. The molecular formula is C26H25N5O3. The number of piperidine rings is 1. The molecule has 2 heterocycles. The zero-order valence-corrected chi connectivity index (χ0v) is 18.6. The summed E-state index contributed by atoms with van der Waals surface area (Å²) in [5.41, 5.74) is 4.64. The van der Waals surface area contributed by atoms with E-state index in [4.69, 9.17) is 10.4 Å². The lowest BCUT2D eigenvalue weighted by Crippen LogP contribution is -2.49. The molecule has 2 fully saturated rings. The molecule has 1 aromatic heterocycles. The summed E-state index contributed by atoms with van der Waals surface area (Å²) in [5, 5.41) is 25.4. The highest BCUT2D eigenvalue weighted by Crippen LogP contribution is 2.40. The summed E-state index contributed by atoms with van der Waals surface area (Å²) in [7, 11) is 0. The molecule has 172 valence electrons. The third-order valence-corrected chi connectivity index (χ3v) is 6.46. The first-order valence-electron chi connectivity index (χ1n) is 11.5. The second kappa shape index (κ2) is 9.02. The Kier molecular flexibility index (Phi) is 5.76. The zero-order valence-electron chi connectivity index (χ0n) is 18.6. The average molecular weight is 456 g/mol. The van der Waals surface area contributed by atoms with Gasteiger partial charge in [0.15, 0.2) is 5.69 Å². The number of nitriles is 1. The van der Waals surface area contributed by atoms with Crippen molar-refractivity contribution in [3.8, 4) is 23.0 Å². The number of hydrogen-bond acceptors (Lipinski definition) is 4. The van der Waals surface area contributed by atoms with Crippen LogP contribution in [0.3, 0.4) is 0 Å². The highest BCUT2D eigenvalue weighted by Gasteiger charge is 2.28. The first-order chi connectivity index (χ1) is 16.5. The van der Waals surface area contributed by atoms with E-state index in [1.54, 1.807) is 27.8 Å². The maximum atomic E-state index is 13.3. The van der Waals surface area contributed by atoms with Crippen LogP contribution in [0.5, 0.6) is 0 Å². The number of carboxylic acid groups (broad SMARTS) is 1. The minimum atomic E-state index is -1.08. The molecule has 3 aromatic rings. The number of carbonyl (C=O) groups is 2. The van der Waals surface area contributed by atoms with Gasteiger partial charge < -0.3 is 15.3 Å². The molecule has 1 saturated carbocycles. The lowest BCUT2D eigenvalue weighted by Gasteiger charge is -2.32. The van der Waals surface area contributed by atoms with Gasteiger partial charge in [0.1, 0.15) is 0 Å². The van der Waals surface area contributed by atoms with Gasteiger partial charge in [0.25, 0.3) is 5.91 Å². The molecule has 2 aromatic carbocycles. The van der Waals surface area contributed by atoms with E-state index in [2.05, 4.69) is 28.6 Å². The summed E-state index contributed by atoms with van der Waals surface area (Å²) in [4.78, 5) is 26.0. The summed E-state index contributed by atoms with van der Waals surface area (Å²) in [6.07, 6.45) is 2.80. The molecule has 2 amide bonds. The van der Waals surface area contributed by atoms with E-state index in [1.807, 2.05) is 24.3 Å². The van der Waals surface area contributed by atoms with Crippen LogP contribution in [-0.2, 0) is 0 Å². The highest BCUT2D eigenvalue weighted by atomic mass is 16.4. The normalized spacial score (nSPS) is 17.7. The van der Waals surface area contributed by atoms with Crippen LogP contribution < -0.4 is 5.32 Å². The van der Waals surface area contributed by atoms with Crippen molar-refractivity contribution >= 4 is 12.0 Å². The number of carbonyl (C=O) groups excluding carboxylic acids is 1. The largest absolute Gasteiger partial charge is 0.465 e. The van der Waals surface area contributed by atoms with Gasteiger partial charge in [-0.05, 0) is 67.5 Å². The van der Waals surface area contributed by atoms with E-state index >= 15 is 0 Å².